The second kappa shape index (κ2) is 2.98. The lowest BCUT2D eigenvalue weighted by atomic mass is 9.72. The van der Waals surface area contributed by atoms with E-state index in [0.29, 0.717) is 10.8 Å². The van der Waals surface area contributed by atoms with E-state index in [1.165, 1.54) is 12.8 Å². The molecule has 1 amide bonds. The molecule has 1 spiro atoms. The number of nitrogens with one attached hydrogen (secondary N) is 1. The molecule has 2 heteroatoms. The van der Waals surface area contributed by atoms with Gasteiger partial charge in [0, 0.05) is 13.0 Å². The average Bonchev–Trinajstić information content (AvgIpc) is 2.29. The lowest BCUT2D eigenvalue weighted by Crippen LogP contribution is -2.44. The Bertz CT molecular complexity index is 247. The van der Waals surface area contributed by atoms with Gasteiger partial charge in [-0.05, 0) is 36.0 Å². The van der Waals surface area contributed by atoms with Gasteiger partial charge < -0.3 is 5.32 Å². The van der Waals surface area contributed by atoms with E-state index in [1.54, 1.807) is 0 Å². The van der Waals surface area contributed by atoms with Crippen molar-refractivity contribution in [3.8, 4) is 0 Å². The molecule has 1 aliphatic carbocycles. The second-order valence-electron chi connectivity index (χ2n) is 6.09. The van der Waals surface area contributed by atoms with Crippen LogP contribution in [0.15, 0.2) is 0 Å². The number of carbonyl (C=O) groups excluding carboxylic acids is 1. The number of piperidine rings is 1. The van der Waals surface area contributed by atoms with Gasteiger partial charge in [-0.15, -0.1) is 0 Å². The zero-order valence-corrected chi connectivity index (χ0v) is 9.52. The van der Waals surface area contributed by atoms with Gasteiger partial charge in [-0.25, -0.2) is 0 Å². The summed E-state index contributed by atoms with van der Waals surface area (Å²) in [5, 5.41) is 3.04. The predicted octanol–water partition coefficient (Wildman–Crippen LogP) is 2.34. The third-order valence-corrected chi connectivity index (χ3v) is 4.22. The Labute approximate surface area is 86.5 Å². The van der Waals surface area contributed by atoms with Crippen molar-refractivity contribution < 1.29 is 4.79 Å². The summed E-state index contributed by atoms with van der Waals surface area (Å²) in [6.45, 7) is 7.98. The van der Waals surface area contributed by atoms with Gasteiger partial charge in [0.2, 0.25) is 5.91 Å². The molecule has 1 saturated heterocycles. The standard InChI is InChI=1S/C12H21NO/c1-9-6-11(2,3)7-12(9)5-4-10(14)13-8-12/h9H,4-8H2,1-3H3,(H,13,14). The molecular formula is C12H21NO. The Morgan fingerprint density at radius 2 is 2.14 bits per heavy atom. The van der Waals surface area contributed by atoms with Gasteiger partial charge in [0.05, 0.1) is 0 Å². The Balaban J connectivity index is 2.13. The fourth-order valence-corrected chi connectivity index (χ4v) is 3.63. The molecule has 1 saturated carbocycles. The normalized spacial score (nSPS) is 41.4. The minimum Gasteiger partial charge on any atom is -0.356 e. The molecule has 80 valence electrons. The summed E-state index contributed by atoms with van der Waals surface area (Å²) in [7, 11) is 0. The van der Waals surface area contributed by atoms with Gasteiger partial charge in [-0.3, -0.25) is 4.79 Å². The van der Waals surface area contributed by atoms with Crippen LogP contribution >= 0.6 is 0 Å². The maximum atomic E-state index is 11.2. The maximum absolute atomic E-state index is 11.2. The largest absolute Gasteiger partial charge is 0.356 e. The first-order valence-electron chi connectivity index (χ1n) is 5.70. The molecule has 0 aromatic heterocycles. The van der Waals surface area contributed by atoms with Crippen LogP contribution in [0.2, 0.25) is 0 Å². The van der Waals surface area contributed by atoms with Crippen LogP contribution in [0.3, 0.4) is 0 Å². The minimum absolute atomic E-state index is 0.243. The molecule has 1 aliphatic heterocycles. The minimum atomic E-state index is 0.243. The van der Waals surface area contributed by atoms with E-state index in [2.05, 4.69) is 26.1 Å². The summed E-state index contributed by atoms with van der Waals surface area (Å²) >= 11 is 0. The first kappa shape index (κ1) is 10.0. The monoisotopic (exact) mass is 195 g/mol. The molecule has 2 fully saturated rings. The summed E-state index contributed by atoms with van der Waals surface area (Å²) in [5.41, 5.74) is 0.888. The third-order valence-electron chi connectivity index (χ3n) is 4.22. The molecule has 2 atom stereocenters. The molecule has 14 heavy (non-hydrogen) atoms. The number of carbonyl (C=O) groups is 1. The molecule has 2 nitrogen and oxygen atoms in total. The number of amides is 1. The second-order valence-corrected chi connectivity index (χ2v) is 6.09. The highest BCUT2D eigenvalue weighted by Crippen LogP contribution is 2.55. The number of rotatable bonds is 0. The van der Waals surface area contributed by atoms with Crippen molar-refractivity contribution in [3.63, 3.8) is 0 Å². The fourth-order valence-electron chi connectivity index (χ4n) is 3.63. The number of hydrogen-bond donors (Lipinski definition) is 1. The first-order valence-corrected chi connectivity index (χ1v) is 5.70. The van der Waals surface area contributed by atoms with E-state index in [0.717, 1.165) is 25.3 Å². The van der Waals surface area contributed by atoms with Gasteiger partial charge in [0.1, 0.15) is 0 Å². The van der Waals surface area contributed by atoms with Crippen LogP contribution in [-0.4, -0.2) is 12.5 Å². The molecule has 0 bridgehead atoms. The summed E-state index contributed by atoms with van der Waals surface area (Å²) in [4.78, 5) is 11.2. The quantitative estimate of drug-likeness (QED) is 0.631. The van der Waals surface area contributed by atoms with E-state index >= 15 is 0 Å². The van der Waals surface area contributed by atoms with Crippen molar-refractivity contribution in [3.05, 3.63) is 0 Å². The highest BCUT2D eigenvalue weighted by Gasteiger charge is 2.49. The molecule has 2 aliphatic rings. The van der Waals surface area contributed by atoms with E-state index < -0.39 is 0 Å². The third kappa shape index (κ3) is 1.55. The summed E-state index contributed by atoms with van der Waals surface area (Å²) in [6, 6.07) is 0. The molecule has 2 unspecified atom stereocenters. The smallest absolute Gasteiger partial charge is 0.220 e. The number of hydrogen-bond acceptors (Lipinski definition) is 1. The summed E-state index contributed by atoms with van der Waals surface area (Å²) in [6.07, 6.45) is 4.42. The van der Waals surface area contributed by atoms with Crippen LogP contribution in [0.25, 0.3) is 0 Å². The zero-order chi connectivity index (χ0) is 10.4. The van der Waals surface area contributed by atoms with Crippen molar-refractivity contribution in [1.29, 1.82) is 0 Å². The molecule has 1 N–H and O–H groups in total. The summed E-state index contributed by atoms with van der Waals surface area (Å²) < 4.78 is 0. The van der Waals surface area contributed by atoms with Gasteiger partial charge in [0.25, 0.3) is 0 Å². The zero-order valence-electron chi connectivity index (χ0n) is 9.52. The molecule has 1 heterocycles. The van der Waals surface area contributed by atoms with E-state index in [4.69, 9.17) is 0 Å². The Hall–Kier alpha value is -0.530. The van der Waals surface area contributed by atoms with Crippen LogP contribution in [0.5, 0.6) is 0 Å². The Morgan fingerprint density at radius 3 is 2.57 bits per heavy atom. The van der Waals surface area contributed by atoms with Crippen LogP contribution in [0.1, 0.15) is 46.5 Å². The van der Waals surface area contributed by atoms with Crippen LogP contribution in [0.4, 0.5) is 0 Å². The lowest BCUT2D eigenvalue weighted by molar-refractivity contribution is -0.124. The molecule has 2 rings (SSSR count). The fraction of sp³-hybridized carbons (Fsp3) is 0.917. The predicted molar refractivity (Wildman–Crippen MR) is 56.9 cm³/mol. The van der Waals surface area contributed by atoms with Crippen LogP contribution in [0, 0.1) is 16.7 Å². The van der Waals surface area contributed by atoms with E-state index in [-0.39, 0.29) is 5.91 Å². The van der Waals surface area contributed by atoms with Gasteiger partial charge >= 0.3 is 0 Å². The van der Waals surface area contributed by atoms with Crippen molar-refractivity contribution in [2.24, 2.45) is 16.7 Å². The van der Waals surface area contributed by atoms with Crippen LogP contribution < -0.4 is 5.32 Å². The molecular weight excluding hydrogens is 174 g/mol. The Morgan fingerprint density at radius 1 is 1.43 bits per heavy atom. The highest BCUT2D eigenvalue weighted by molar-refractivity contribution is 5.76. The molecule has 0 aromatic rings. The summed E-state index contributed by atoms with van der Waals surface area (Å²) in [5.74, 6) is 1.01. The first-order chi connectivity index (χ1) is 6.44. The van der Waals surface area contributed by atoms with Gasteiger partial charge in [-0.2, -0.15) is 0 Å². The van der Waals surface area contributed by atoms with Gasteiger partial charge in [0.15, 0.2) is 0 Å². The molecule has 0 radical (unpaired) electrons. The van der Waals surface area contributed by atoms with Crippen molar-refractivity contribution >= 4 is 5.91 Å². The van der Waals surface area contributed by atoms with Crippen molar-refractivity contribution in [2.75, 3.05) is 6.54 Å². The van der Waals surface area contributed by atoms with Crippen molar-refractivity contribution in [2.45, 2.75) is 46.5 Å². The SMILES string of the molecule is CC1CC(C)(C)CC12CCC(=O)NC2. The van der Waals surface area contributed by atoms with E-state index in [1.807, 2.05) is 0 Å². The van der Waals surface area contributed by atoms with E-state index in [9.17, 15) is 4.79 Å². The Kier molecular flexibility index (Phi) is 2.13. The topological polar surface area (TPSA) is 29.1 Å². The van der Waals surface area contributed by atoms with Gasteiger partial charge in [-0.1, -0.05) is 20.8 Å². The lowest BCUT2D eigenvalue weighted by Gasteiger charge is -2.38. The van der Waals surface area contributed by atoms with Crippen molar-refractivity contribution in [1.82, 2.24) is 5.32 Å². The maximum Gasteiger partial charge on any atom is 0.220 e. The average molecular weight is 195 g/mol. The van der Waals surface area contributed by atoms with Crippen LogP contribution in [-0.2, 0) is 4.79 Å². The molecule has 0 aromatic carbocycles. The highest BCUT2D eigenvalue weighted by atomic mass is 16.1.